The molecular formula is C17H32ClN3O2. The van der Waals surface area contributed by atoms with Crippen LogP contribution in [0, 0.1) is 5.92 Å². The third kappa shape index (κ3) is 6.68. The van der Waals surface area contributed by atoms with E-state index in [1.54, 1.807) is 0 Å². The minimum atomic E-state index is 0. The highest BCUT2D eigenvalue weighted by Crippen LogP contribution is 2.28. The third-order valence-corrected chi connectivity index (χ3v) is 4.95. The molecule has 1 saturated carbocycles. The largest absolute Gasteiger partial charge is 0.347 e. The zero-order chi connectivity index (χ0) is 15.8. The average molecular weight is 346 g/mol. The Morgan fingerprint density at radius 3 is 2.57 bits per heavy atom. The van der Waals surface area contributed by atoms with Crippen LogP contribution in [0.3, 0.4) is 0 Å². The zero-order valence-corrected chi connectivity index (χ0v) is 15.1. The number of halogens is 1. The minimum absolute atomic E-state index is 0. The summed E-state index contributed by atoms with van der Waals surface area (Å²) in [6, 6.07) is 0.294. The van der Waals surface area contributed by atoms with E-state index in [4.69, 9.17) is 0 Å². The predicted octanol–water partition coefficient (Wildman–Crippen LogP) is 2.10. The lowest BCUT2D eigenvalue weighted by atomic mass is 10.0. The fourth-order valence-corrected chi connectivity index (χ4v) is 3.66. The summed E-state index contributed by atoms with van der Waals surface area (Å²) >= 11 is 0. The summed E-state index contributed by atoms with van der Waals surface area (Å²) in [6.07, 6.45) is 8.68. The Kier molecular flexibility index (Phi) is 9.56. The molecule has 1 saturated heterocycles. The van der Waals surface area contributed by atoms with Crippen molar-refractivity contribution in [3.8, 4) is 0 Å². The number of nitrogens with one attached hydrogen (secondary N) is 2. The Morgan fingerprint density at radius 1 is 1.22 bits per heavy atom. The predicted molar refractivity (Wildman–Crippen MR) is 94.7 cm³/mol. The zero-order valence-electron chi connectivity index (χ0n) is 14.3. The van der Waals surface area contributed by atoms with Gasteiger partial charge in [-0.3, -0.25) is 9.59 Å². The Morgan fingerprint density at radius 2 is 1.96 bits per heavy atom. The first-order valence-electron chi connectivity index (χ1n) is 8.97. The maximum absolute atomic E-state index is 12.4. The number of hydrogen-bond acceptors (Lipinski definition) is 3. The monoisotopic (exact) mass is 345 g/mol. The molecule has 1 aliphatic carbocycles. The van der Waals surface area contributed by atoms with E-state index < -0.39 is 0 Å². The minimum Gasteiger partial charge on any atom is -0.347 e. The van der Waals surface area contributed by atoms with Crippen LogP contribution in [0.4, 0.5) is 0 Å². The molecule has 1 aliphatic heterocycles. The molecule has 2 fully saturated rings. The highest BCUT2D eigenvalue weighted by Gasteiger charge is 2.25. The van der Waals surface area contributed by atoms with Crippen molar-refractivity contribution < 1.29 is 9.59 Å². The van der Waals surface area contributed by atoms with E-state index in [0.29, 0.717) is 12.5 Å². The topological polar surface area (TPSA) is 61.4 Å². The second kappa shape index (κ2) is 10.9. The van der Waals surface area contributed by atoms with Crippen LogP contribution in [-0.2, 0) is 9.59 Å². The van der Waals surface area contributed by atoms with Gasteiger partial charge in [0.1, 0.15) is 0 Å². The van der Waals surface area contributed by atoms with Gasteiger partial charge in [0, 0.05) is 25.6 Å². The van der Waals surface area contributed by atoms with Gasteiger partial charge in [0.25, 0.3) is 0 Å². The molecule has 1 atom stereocenters. The molecule has 1 heterocycles. The molecule has 2 N–H and O–H groups in total. The van der Waals surface area contributed by atoms with Crippen LogP contribution in [0.15, 0.2) is 0 Å². The second-order valence-electron chi connectivity index (χ2n) is 6.70. The van der Waals surface area contributed by atoms with E-state index >= 15 is 0 Å². The van der Waals surface area contributed by atoms with Gasteiger partial charge in [-0.1, -0.05) is 32.6 Å². The second-order valence-corrected chi connectivity index (χ2v) is 6.70. The number of nitrogens with zero attached hydrogens (tertiary/aromatic N) is 1. The van der Waals surface area contributed by atoms with Gasteiger partial charge in [-0.25, -0.2) is 0 Å². The normalized spacial score (nSPS) is 21.0. The van der Waals surface area contributed by atoms with Crippen molar-refractivity contribution in [2.24, 2.45) is 5.92 Å². The van der Waals surface area contributed by atoms with Gasteiger partial charge in [-0.2, -0.15) is 0 Å². The summed E-state index contributed by atoms with van der Waals surface area (Å²) in [5, 5.41) is 6.12. The smallest absolute Gasteiger partial charge is 0.242 e. The van der Waals surface area contributed by atoms with E-state index in [1.165, 1.54) is 25.7 Å². The Hall–Kier alpha value is -0.810. The molecule has 0 aromatic rings. The Bertz CT molecular complexity index is 367. The van der Waals surface area contributed by atoms with Crippen molar-refractivity contribution in [3.05, 3.63) is 0 Å². The number of carbonyl (C=O) groups excluding carboxylic acids is 2. The van der Waals surface area contributed by atoms with Crippen LogP contribution in [0.5, 0.6) is 0 Å². The molecule has 0 aromatic heterocycles. The summed E-state index contributed by atoms with van der Waals surface area (Å²) in [7, 11) is 0. The lowest BCUT2D eigenvalue weighted by molar-refractivity contribution is -0.134. The molecule has 2 aliphatic rings. The van der Waals surface area contributed by atoms with E-state index in [0.717, 1.165) is 44.8 Å². The van der Waals surface area contributed by atoms with Gasteiger partial charge in [-0.05, 0) is 31.7 Å². The summed E-state index contributed by atoms with van der Waals surface area (Å²) in [5.41, 5.74) is 0. The first-order valence-corrected chi connectivity index (χ1v) is 8.97. The van der Waals surface area contributed by atoms with E-state index in [-0.39, 0.29) is 30.8 Å². The summed E-state index contributed by atoms with van der Waals surface area (Å²) in [6.45, 7) is 4.87. The average Bonchev–Trinajstić information content (AvgIpc) is 3.21. The van der Waals surface area contributed by atoms with E-state index in [2.05, 4.69) is 17.6 Å². The molecule has 23 heavy (non-hydrogen) atoms. The van der Waals surface area contributed by atoms with Gasteiger partial charge < -0.3 is 15.5 Å². The molecule has 0 bridgehead atoms. The fourth-order valence-electron chi connectivity index (χ4n) is 3.66. The van der Waals surface area contributed by atoms with Crippen LogP contribution in [0.25, 0.3) is 0 Å². The van der Waals surface area contributed by atoms with Gasteiger partial charge >= 0.3 is 0 Å². The molecule has 1 unspecified atom stereocenters. The van der Waals surface area contributed by atoms with Gasteiger partial charge in [0.2, 0.25) is 11.8 Å². The lowest BCUT2D eigenvalue weighted by Gasteiger charge is -2.28. The number of amides is 2. The molecule has 5 nitrogen and oxygen atoms in total. The molecular weight excluding hydrogens is 314 g/mol. The van der Waals surface area contributed by atoms with E-state index in [9.17, 15) is 9.59 Å². The summed E-state index contributed by atoms with van der Waals surface area (Å²) in [5.74, 6) is 0.814. The first kappa shape index (κ1) is 20.2. The van der Waals surface area contributed by atoms with Gasteiger partial charge in [0.05, 0.1) is 6.54 Å². The van der Waals surface area contributed by atoms with Crippen molar-refractivity contribution in [1.82, 2.24) is 15.5 Å². The van der Waals surface area contributed by atoms with Crippen molar-refractivity contribution in [1.29, 1.82) is 0 Å². The van der Waals surface area contributed by atoms with E-state index in [1.807, 2.05) is 4.90 Å². The van der Waals surface area contributed by atoms with Crippen molar-refractivity contribution >= 4 is 24.2 Å². The number of carbonyl (C=O) groups is 2. The van der Waals surface area contributed by atoms with Crippen molar-refractivity contribution in [2.75, 3.05) is 26.2 Å². The molecule has 0 aromatic carbocycles. The molecule has 2 amide bonds. The van der Waals surface area contributed by atoms with Crippen LogP contribution < -0.4 is 10.6 Å². The van der Waals surface area contributed by atoms with Gasteiger partial charge in [-0.15, -0.1) is 12.4 Å². The molecule has 134 valence electrons. The van der Waals surface area contributed by atoms with Crippen molar-refractivity contribution in [2.45, 2.75) is 64.3 Å². The SMILES string of the molecule is CCCN(C(=O)CNC(=O)CCC1CCCC1)C1CCNC1.Cl. The summed E-state index contributed by atoms with van der Waals surface area (Å²) in [4.78, 5) is 26.2. The number of rotatable bonds is 8. The maximum Gasteiger partial charge on any atom is 0.242 e. The standard InChI is InChI=1S/C17H31N3O2.ClH/c1-2-11-20(15-9-10-18-12-15)17(22)13-19-16(21)8-7-14-5-3-4-6-14;/h14-15,18H,2-13H2,1H3,(H,19,21);1H. The van der Waals surface area contributed by atoms with Crippen LogP contribution in [0.2, 0.25) is 0 Å². The van der Waals surface area contributed by atoms with Crippen LogP contribution in [-0.4, -0.2) is 48.9 Å². The Labute approximate surface area is 146 Å². The molecule has 0 spiro atoms. The lowest BCUT2D eigenvalue weighted by Crippen LogP contribution is -2.46. The third-order valence-electron chi connectivity index (χ3n) is 4.95. The van der Waals surface area contributed by atoms with Crippen molar-refractivity contribution in [3.63, 3.8) is 0 Å². The number of hydrogen-bond donors (Lipinski definition) is 2. The highest BCUT2D eigenvalue weighted by molar-refractivity contribution is 5.85. The van der Waals surface area contributed by atoms with Crippen LogP contribution in [0.1, 0.15) is 58.3 Å². The first-order chi connectivity index (χ1) is 10.7. The van der Waals surface area contributed by atoms with Gasteiger partial charge in [0.15, 0.2) is 0 Å². The molecule has 0 radical (unpaired) electrons. The maximum atomic E-state index is 12.4. The fraction of sp³-hybridized carbons (Fsp3) is 0.882. The molecule has 6 heteroatoms. The summed E-state index contributed by atoms with van der Waals surface area (Å²) < 4.78 is 0. The Balaban J connectivity index is 0.00000264. The molecule has 2 rings (SSSR count). The van der Waals surface area contributed by atoms with Crippen LogP contribution >= 0.6 is 12.4 Å². The highest BCUT2D eigenvalue weighted by atomic mass is 35.5. The quantitative estimate of drug-likeness (QED) is 0.708.